The Bertz CT molecular complexity index is 1550. The topological polar surface area (TPSA) is 85.9 Å². The van der Waals surface area contributed by atoms with Crippen molar-refractivity contribution in [2.45, 2.75) is 51.5 Å². The molecule has 206 valence electrons. The molecule has 0 spiro atoms. The van der Waals surface area contributed by atoms with Crippen LogP contribution in [0, 0.1) is 5.82 Å². The number of aromatic amines is 1. The molecule has 0 aliphatic carbocycles. The van der Waals surface area contributed by atoms with E-state index in [1.807, 2.05) is 70.2 Å². The van der Waals surface area contributed by atoms with E-state index < -0.39 is 30.2 Å². The number of para-hydroxylation sites is 2. The quantitative estimate of drug-likeness (QED) is 0.268. The highest BCUT2D eigenvalue weighted by molar-refractivity contribution is 6.62. The number of methoxy groups -OCH3 is 1. The van der Waals surface area contributed by atoms with Gasteiger partial charge in [-0.25, -0.2) is 9.37 Å². The fourth-order valence-corrected chi connectivity index (χ4v) is 5.24. The monoisotopic (exact) mass is 543 g/mol. The van der Waals surface area contributed by atoms with Crippen molar-refractivity contribution in [3.05, 3.63) is 89.0 Å². The number of aromatic nitrogens is 2. The van der Waals surface area contributed by atoms with Gasteiger partial charge in [0.1, 0.15) is 23.4 Å². The number of carbonyl (C=O) groups excluding carboxylic acids is 1. The van der Waals surface area contributed by atoms with E-state index in [0.29, 0.717) is 22.7 Å². The molecule has 1 saturated heterocycles. The molecule has 2 aliphatic heterocycles. The van der Waals surface area contributed by atoms with Gasteiger partial charge in [-0.2, -0.15) is 0 Å². The van der Waals surface area contributed by atoms with E-state index in [2.05, 4.69) is 4.98 Å². The van der Waals surface area contributed by atoms with Crippen LogP contribution in [0.1, 0.15) is 61.0 Å². The maximum Gasteiger partial charge on any atom is 0.494 e. The molecule has 4 aromatic rings. The molecule has 40 heavy (non-hydrogen) atoms. The Morgan fingerprint density at radius 1 is 1.05 bits per heavy atom. The summed E-state index contributed by atoms with van der Waals surface area (Å²) in [6, 6.07) is 17.1. The first-order valence-electron chi connectivity index (χ1n) is 13.2. The molecule has 3 heterocycles. The molecule has 6 rings (SSSR count). The molecule has 1 fully saturated rings. The number of nitrogens with one attached hydrogen (secondary N) is 1. The number of fused-ring (bicyclic) bond motifs is 2. The predicted octanol–water partition coefficient (Wildman–Crippen LogP) is 4.73. The zero-order valence-electron chi connectivity index (χ0n) is 23.2. The minimum absolute atomic E-state index is 0.00273. The van der Waals surface area contributed by atoms with E-state index in [0.717, 1.165) is 22.1 Å². The number of halogens is 1. The number of nitrogens with zero attached hydrogens (tertiary/aromatic N) is 2. The number of imidazole rings is 1. The van der Waals surface area contributed by atoms with E-state index in [-0.39, 0.29) is 19.2 Å². The van der Waals surface area contributed by atoms with Gasteiger partial charge < -0.3 is 28.7 Å². The van der Waals surface area contributed by atoms with Crippen LogP contribution < -0.4 is 10.2 Å². The molecule has 10 heteroatoms. The molecule has 3 aromatic carbocycles. The lowest BCUT2D eigenvalue weighted by Crippen LogP contribution is -2.41. The highest BCUT2D eigenvalue weighted by Crippen LogP contribution is 2.41. The molecule has 1 aromatic heterocycles. The van der Waals surface area contributed by atoms with E-state index in [1.165, 1.54) is 19.2 Å². The van der Waals surface area contributed by atoms with E-state index in [4.69, 9.17) is 23.8 Å². The summed E-state index contributed by atoms with van der Waals surface area (Å²) in [7, 11) is 0.901. The van der Waals surface area contributed by atoms with Crippen LogP contribution in [0.25, 0.3) is 11.0 Å². The van der Waals surface area contributed by atoms with Gasteiger partial charge in [0.25, 0.3) is 5.91 Å². The molecule has 8 nitrogen and oxygen atoms in total. The summed E-state index contributed by atoms with van der Waals surface area (Å²) in [5.74, 6) is 0.425. The average Bonchev–Trinajstić information content (AvgIpc) is 3.52. The smallest absolute Gasteiger partial charge is 0.467 e. The minimum atomic E-state index is -0.612. The number of hydrogen-bond donors (Lipinski definition) is 1. The maximum absolute atomic E-state index is 14.4. The number of amides is 1. The van der Waals surface area contributed by atoms with Crippen molar-refractivity contribution in [3.8, 4) is 5.75 Å². The molecule has 1 amide bonds. The van der Waals surface area contributed by atoms with Crippen molar-refractivity contribution in [3.63, 3.8) is 0 Å². The predicted molar refractivity (Wildman–Crippen MR) is 149 cm³/mol. The number of ether oxygens (including phenoxy) is 2. The molecule has 1 atom stereocenters. The molecular weight excluding hydrogens is 512 g/mol. The Balaban J connectivity index is 1.42. The molecule has 0 saturated carbocycles. The number of hydrogen-bond acceptors (Lipinski definition) is 6. The Hall–Kier alpha value is -3.73. The SMILES string of the molecule is COCOc1ccc(F)cc1CN1C(=O)c2cc(B3OC(C)(C)C(C)(C)O3)ccc2C1c1nc2ccccc2[nH]1. The lowest BCUT2D eigenvalue weighted by Gasteiger charge is -2.32. The summed E-state index contributed by atoms with van der Waals surface area (Å²) >= 11 is 0. The zero-order valence-corrected chi connectivity index (χ0v) is 23.2. The third-order valence-corrected chi connectivity index (χ3v) is 8.06. The fraction of sp³-hybridized carbons (Fsp3) is 0.333. The van der Waals surface area contributed by atoms with Crippen LogP contribution in [0.2, 0.25) is 0 Å². The lowest BCUT2D eigenvalue weighted by atomic mass is 9.77. The Morgan fingerprint density at radius 2 is 1.80 bits per heavy atom. The van der Waals surface area contributed by atoms with Gasteiger partial charge in [0.2, 0.25) is 0 Å². The maximum atomic E-state index is 14.4. The third-order valence-electron chi connectivity index (χ3n) is 8.06. The number of carbonyl (C=O) groups is 1. The first-order chi connectivity index (χ1) is 19.1. The Morgan fingerprint density at radius 3 is 2.52 bits per heavy atom. The van der Waals surface area contributed by atoms with Gasteiger partial charge >= 0.3 is 7.12 Å². The van der Waals surface area contributed by atoms with Crippen molar-refractivity contribution in [2.75, 3.05) is 13.9 Å². The summed E-state index contributed by atoms with van der Waals surface area (Å²) in [5.41, 5.74) is 3.22. The van der Waals surface area contributed by atoms with Gasteiger partial charge in [-0.3, -0.25) is 4.79 Å². The second-order valence-electron chi connectivity index (χ2n) is 11.2. The Kier molecular flexibility index (Phi) is 6.44. The first-order valence-corrected chi connectivity index (χ1v) is 13.2. The highest BCUT2D eigenvalue weighted by Gasteiger charge is 2.52. The van der Waals surface area contributed by atoms with Crippen molar-refractivity contribution in [1.82, 2.24) is 14.9 Å². The number of benzene rings is 3. The van der Waals surface area contributed by atoms with Gasteiger partial charge in [0, 0.05) is 18.2 Å². The fourth-order valence-electron chi connectivity index (χ4n) is 5.24. The molecule has 0 radical (unpaired) electrons. The van der Waals surface area contributed by atoms with Crippen LogP contribution >= 0.6 is 0 Å². The van der Waals surface area contributed by atoms with Gasteiger partial charge in [0.05, 0.1) is 28.8 Å². The largest absolute Gasteiger partial charge is 0.494 e. The van der Waals surface area contributed by atoms with Crippen molar-refractivity contribution < 1.29 is 28.0 Å². The average molecular weight is 543 g/mol. The highest BCUT2D eigenvalue weighted by atomic mass is 19.1. The van der Waals surface area contributed by atoms with Gasteiger partial charge in [0.15, 0.2) is 6.79 Å². The summed E-state index contributed by atoms with van der Waals surface area (Å²) in [6.07, 6.45) is 0. The Labute approximate surface area is 232 Å². The number of rotatable bonds is 7. The summed E-state index contributed by atoms with van der Waals surface area (Å²) in [6.45, 7) is 8.06. The van der Waals surface area contributed by atoms with Crippen LogP contribution in [-0.2, 0) is 20.6 Å². The number of H-pyrrole nitrogens is 1. The second-order valence-corrected chi connectivity index (χ2v) is 11.2. The second kappa shape index (κ2) is 9.73. The van der Waals surface area contributed by atoms with Crippen molar-refractivity contribution >= 4 is 29.5 Å². The molecule has 2 aliphatic rings. The van der Waals surface area contributed by atoms with Crippen LogP contribution in [0.4, 0.5) is 4.39 Å². The van der Waals surface area contributed by atoms with Crippen molar-refractivity contribution in [1.29, 1.82) is 0 Å². The van der Waals surface area contributed by atoms with Crippen LogP contribution in [0.5, 0.6) is 5.75 Å². The molecule has 0 bridgehead atoms. The van der Waals surface area contributed by atoms with Gasteiger partial charge in [-0.05, 0) is 75.1 Å². The van der Waals surface area contributed by atoms with E-state index >= 15 is 0 Å². The minimum Gasteiger partial charge on any atom is -0.467 e. The van der Waals surface area contributed by atoms with Gasteiger partial charge in [-0.15, -0.1) is 0 Å². The molecule has 1 unspecified atom stereocenters. The van der Waals surface area contributed by atoms with Crippen LogP contribution in [0.3, 0.4) is 0 Å². The van der Waals surface area contributed by atoms with Crippen molar-refractivity contribution in [2.24, 2.45) is 0 Å². The first kappa shape index (κ1) is 26.5. The van der Waals surface area contributed by atoms with E-state index in [1.54, 1.807) is 11.0 Å². The third kappa shape index (κ3) is 4.46. The molecule has 1 N–H and O–H groups in total. The zero-order chi connectivity index (χ0) is 28.2. The molecular formula is C30H31BFN3O5. The standard InChI is InChI=1S/C30H31BFN3O5/c1-29(2)30(3,4)40-31(39-29)19-10-12-21-22(15-19)28(36)35(16-18-14-20(32)11-13-25(18)38-17-37-5)26(21)27-33-23-8-6-7-9-24(23)34-27/h6-15,26H,16-17H2,1-5H3,(H,33,34). The summed E-state index contributed by atoms with van der Waals surface area (Å²) in [4.78, 5) is 24.0. The van der Waals surface area contributed by atoms with Gasteiger partial charge in [-0.1, -0.05) is 24.3 Å². The van der Waals surface area contributed by atoms with E-state index in [9.17, 15) is 9.18 Å². The lowest BCUT2D eigenvalue weighted by molar-refractivity contribution is 0.00578. The normalized spacial score (nSPS) is 19.4. The summed E-state index contributed by atoms with van der Waals surface area (Å²) < 4.78 is 37.6. The van der Waals surface area contributed by atoms with Crippen LogP contribution in [0.15, 0.2) is 60.7 Å². The summed E-state index contributed by atoms with van der Waals surface area (Å²) in [5, 5.41) is 0. The van der Waals surface area contributed by atoms with Crippen LogP contribution in [-0.4, -0.2) is 53.0 Å².